The first-order valence-electron chi connectivity index (χ1n) is 10.0. The number of nitrogens with one attached hydrogen (secondary N) is 1. The van der Waals surface area contributed by atoms with Crippen molar-refractivity contribution in [2.24, 2.45) is 5.92 Å². The van der Waals surface area contributed by atoms with Crippen LogP contribution in [-0.2, 0) is 20.9 Å². The zero-order valence-corrected chi connectivity index (χ0v) is 16.9. The van der Waals surface area contributed by atoms with Gasteiger partial charge < -0.3 is 24.1 Å². The van der Waals surface area contributed by atoms with Gasteiger partial charge in [0.1, 0.15) is 11.5 Å². The van der Waals surface area contributed by atoms with Gasteiger partial charge in [-0.2, -0.15) is 0 Å². The molecule has 2 aromatic heterocycles. The second-order valence-electron chi connectivity index (χ2n) is 7.73. The molecule has 0 bridgehead atoms. The third-order valence-electron chi connectivity index (χ3n) is 5.44. The molecule has 1 N–H and O–H groups in total. The van der Waals surface area contributed by atoms with Crippen LogP contribution in [0.2, 0.25) is 0 Å². The van der Waals surface area contributed by atoms with Crippen molar-refractivity contribution in [2.45, 2.75) is 19.9 Å². The lowest BCUT2D eigenvalue weighted by molar-refractivity contribution is -0.137. The molecule has 2 aliphatic rings. The Balaban J connectivity index is 1.22. The summed E-state index contributed by atoms with van der Waals surface area (Å²) < 4.78 is 10.2. The van der Waals surface area contributed by atoms with E-state index in [1.807, 2.05) is 11.0 Å². The highest BCUT2D eigenvalue weighted by atomic mass is 16.5. The minimum absolute atomic E-state index is 0.00692. The number of anilines is 1. The molecule has 30 heavy (non-hydrogen) atoms. The molecule has 3 amide bonds. The predicted octanol–water partition coefficient (Wildman–Crippen LogP) is 0.707. The zero-order chi connectivity index (χ0) is 21.1. The van der Waals surface area contributed by atoms with Gasteiger partial charge in [-0.1, -0.05) is 5.16 Å². The maximum atomic E-state index is 12.9. The number of likely N-dealkylation sites (tertiary alicyclic amines) is 1. The maximum absolute atomic E-state index is 12.9. The second kappa shape index (κ2) is 8.70. The van der Waals surface area contributed by atoms with Crippen LogP contribution in [0.1, 0.15) is 17.9 Å². The highest BCUT2D eigenvalue weighted by Gasteiger charge is 2.37. The van der Waals surface area contributed by atoms with Crippen molar-refractivity contribution >= 4 is 23.5 Å². The van der Waals surface area contributed by atoms with E-state index in [4.69, 9.17) is 8.94 Å². The minimum atomic E-state index is -0.322. The molecule has 10 heteroatoms. The van der Waals surface area contributed by atoms with E-state index < -0.39 is 0 Å². The number of hydrogen-bond acceptors (Lipinski definition) is 7. The molecule has 0 aromatic carbocycles. The highest BCUT2D eigenvalue weighted by molar-refractivity contribution is 5.91. The number of furan rings is 1. The van der Waals surface area contributed by atoms with Crippen molar-refractivity contribution < 1.29 is 23.3 Å². The maximum Gasteiger partial charge on any atom is 0.239 e. The quantitative estimate of drug-likeness (QED) is 0.739. The van der Waals surface area contributed by atoms with Gasteiger partial charge in [0.15, 0.2) is 5.82 Å². The summed E-state index contributed by atoms with van der Waals surface area (Å²) in [6, 6.07) is 5.26. The van der Waals surface area contributed by atoms with Gasteiger partial charge in [0.2, 0.25) is 17.7 Å². The molecule has 1 atom stereocenters. The average Bonchev–Trinajstić information content (AvgIpc) is 3.45. The Morgan fingerprint density at radius 1 is 1.27 bits per heavy atom. The number of amides is 3. The lowest BCUT2D eigenvalue weighted by Gasteiger charge is -2.35. The molecule has 0 spiro atoms. The predicted molar refractivity (Wildman–Crippen MR) is 105 cm³/mol. The summed E-state index contributed by atoms with van der Waals surface area (Å²) >= 11 is 0. The van der Waals surface area contributed by atoms with Crippen LogP contribution >= 0.6 is 0 Å². The third-order valence-corrected chi connectivity index (χ3v) is 5.44. The molecule has 2 saturated heterocycles. The Bertz CT molecular complexity index is 901. The Morgan fingerprint density at radius 3 is 2.73 bits per heavy atom. The first-order valence-corrected chi connectivity index (χ1v) is 10.0. The number of aromatic nitrogens is 1. The molecule has 0 saturated carbocycles. The molecule has 2 fully saturated rings. The summed E-state index contributed by atoms with van der Waals surface area (Å²) in [4.78, 5) is 42.8. The van der Waals surface area contributed by atoms with Gasteiger partial charge in [0.25, 0.3) is 0 Å². The van der Waals surface area contributed by atoms with E-state index in [1.54, 1.807) is 35.1 Å². The van der Waals surface area contributed by atoms with Crippen LogP contribution in [0, 0.1) is 12.8 Å². The van der Waals surface area contributed by atoms with E-state index in [9.17, 15) is 14.4 Å². The summed E-state index contributed by atoms with van der Waals surface area (Å²) in [6.07, 6.45) is 1.81. The van der Waals surface area contributed by atoms with Gasteiger partial charge in [0.05, 0.1) is 25.3 Å². The summed E-state index contributed by atoms with van der Waals surface area (Å²) in [6.45, 7) is 5.08. The SMILES string of the molecule is Cc1cc(NC(=O)CN2CCN(C(=O)C3CC(=O)N(Cc4ccco4)C3)CC2)no1. The van der Waals surface area contributed by atoms with Gasteiger partial charge in [-0.3, -0.25) is 19.3 Å². The minimum Gasteiger partial charge on any atom is -0.467 e. The van der Waals surface area contributed by atoms with E-state index in [-0.39, 0.29) is 36.6 Å². The van der Waals surface area contributed by atoms with E-state index in [2.05, 4.69) is 10.5 Å². The van der Waals surface area contributed by atoms with Crippen molar-refractivity contribution in [3.63, 3.8) is 0 Å². The van der Waals surface area contributed by atoms with Crippen molar-refractivity contribution in [1.82, 2.24) is 19.9 Å². The molecule has 4 rings (SSSR count). The van der Waals surface area contributed by atoms with Crippen LogP contribution in [0.4, 0.5) is 5.82 Å². The van der Waals surface area contributed by atoms with Crippen LogP contribution in [-0.4, -0.2) is 76.8 Å². The number of aryl methyl sites for hydroxylation is 1. The number of carbonyl (C=O) groups excluding carboxylic acids is 3. The van der Waals surface area contributed by atoms with Gasteiger partial charge >= 0.3 is 0 Å². The van der Waals surface area contributed by atoms with Gasteiger partial charge in [-0.25, -0.2) is 0 Å². The lowest BCUT2D eigenvalue weighted by Crippen LogP contribution is -2.52. The largest absolute Gasteiger partial charge is 0.467 e. The number of piperazine rings is 1. The fraction of sp³-hybridized carbons (Fsp3) is 0.500. The number of hydrogen-bond donors (Lipinski definition) is 1. The van der Waals surface area contributed by atoms with Crippen molar-refractivity contribution in [3.05, 3.63) is 36.0 Å². The zero-order valence-electron chi connectivity index (χ0n) is 16.9. The van der Waals surface area contributed by atoms with Crippen LogP contribution in [0.25, 0.3) is 0 Å². The molecule has 4 heterocycles. The third kappa shape index (κ3) is 4.70. The second-order valence-corrected chi connectivity index (χ2v) is 7.73. The fourth-order valence-electron chi connectivity index (χ4n) is 3.88. The summed E-state index contributed by atoms with van der Waals surface area (Å²) in [7, 11) is 0. The first kappa shape index (κ1) is 20.1. The molecule has 160 valence electrons. The smallest absolute Gasteiger partial charge is 0.239 e. The Morgan fingerprint density at radius 2 is 2.07 bits per heavy atom. The number of carbonyl (C=O) groups is 3. The Labute approximate surface area is 173 Å². The molecule has 0 aliphatic carbocycles. The van der Waals surface area contributed by atoms with E-state index >= 15 is 0 Å². The highest BCUT2D eigenvalue weighted by Crippen LogP contribution is 2.23. The topological polar surface area (TPSA) is 112 Å². The van der Waals surface area contributed by atoms with Crippen LogP contribution in [0.15, 0.2) is 33.4 Å². The first-order chi connectivity index (χ1) is 14.5. The van der Waals surface area contributed by atoms with Crippen LogP contribution in [0.3, 0.4) is 0 Å². The molecule has 1 unspecified atom stereocenters. The van der Waals surface area contributed by atoms with Crippen LogP contribution in [0.5, 0.6) is 0 Å². The van der Waals surface area contributed by atoms with Gasteiger partial charge in [-0.05, 0) is 19.1 Å². The molecular weight excluding hydrogens is 390 g/mol. The summed E-state index contributed by atoms with van der Waals surface area (Å²) in [5, 5.41) is 6.45. The normalized spacial score (nSPS) is 20.0. The molecule has 2 aliphatic heterocycles. The summed E-state index contributed by atoms with van der Waals surface area (Å²) in [5.74, 6) is 1.23. The Kier molecular flexibility index (Phi) is 5.84. The van der Waals surface area contributed by atoms with E-state index in [0.717, 1.165) is 0 Å². The number of rotatable bonds is 6. The fourth-order valence-corrected chi connectivity index (χ4v) is 3.88. The standard InChI is InChI=1S/C20H25N5O5/c1-14-9-17(22-30-14)21-18(26)13-23-4-6-24(7-5-23)20(28)15-10-19(27)25(11-15)12-16-3-2-8-29-16/h2-3,8-9,15H,4-7,10-13H2,1H3,(H,21,22,26). The van der Waals surface area contributed by atoms with E-state index in [0.29, 0.717) is 56.6 Å². The van der Waals surface area contributed by atoms with Crippen molar-refractivity contribution in [2.75, 3.05) is 44.6 Å². The van der Waals surface area contributed by atoms with Gasteiger partial charge in [-0.15, -0.1) is 0 Å². The van der Waals surface area contributed by atoms with E-state index in [1.165, 1.54) is 0 Å². The average molecular weight is 415 g/mol. The molecule has 2 aromatic rings. The van der Waals surface area contributed by atoms with Gasteiger partial charge in [0, 0.05) is 45.2 Å². The molecule has 10 nitrogen and oxygen atoms in total. The van der Waals surface area contributed by atoms with Crippen LogP contribution < -0.4 is 5.32 Å². The monoisotopic (exact) mass is 415 g/mol. The lowest BCUT2D eigenvalue weighted by atomic mass is 10.1. The molecular formula is C20H25N5O5. The van der Waals surface area contributed by atoms with Crippen molar-refractivity contribution in [3.8, 4) is 0 Å². The summed E-state index contributed by atoms with van der Waals surface area (Å²) in [5.41, 5.74) is 0. The Hall–Kier alpha value is -3.14. The number of nitrogens with zero attached hydrogens (tertiary/aromatic N) is 4. The molecule has 0 radical (unpaired) electrons. The van der Waals surface area contributed by atoms with Crippen molar-refractivity contribution in [1.29, 1.82) is 0 Å².